The van der Waals surface area contributed by atoms with Crippen LogP contribution in [0.4, 0.5) is 5.69 Å². The van der Waals surface area contributed by atoms with Gasteiger partial charge in [-0.1, -0.05) is 6.07 Å². The molecule has 0 saturated carbocycles. The van der Waals surface area contributed by atoms with Gasteiger partial charge in [0.25, 0.3) is 0 Å². The number of hydrogen-bond acceptors (Lipinski definition) is 2. The van der Waals surface area contributed by atoms with Crippen molar-refractivity contribution in [3.63, 3.8) is 0 Å². The number of anilines is 1. The Bertz CT molecular complexity index is 374. The fourth-order valence-electron chi connectivity index (χ4n) is 1.84. The van der Waals surface area contributed by atoms with Crippen molar-refractivity contribution >= 4 is 11.6 Å². The van der Waals surface area contributed by atoms with Crippen molar-refractivity contribution in [2.24, 2.45) is 0 Å². The smallest absolute Gasteiger partial charge is 0.221 e. The van der Waals surface area contributed by atoms with Gasteiger partial charge in [-0.05, 0) is 30.2 Å². The average molecular weight is 190 g/mol. The first-order valence-corrected chi connectivity index (χ1v) is 4.80. The highest BCUT2D eigenvalue weighted by Gasteiger charge is 2.17. The summed E-state index contributed by atoms with van der Waals surface area (Å²) in [5, 5.41) is 6.14. The Morgan fingerprint density at radius 2 is 2.36 bits per heavy atom. The molecular formula is C11H14N2O. The molecule has 1 unspecified atom stereocenters. The Kier molecular flexibility index (Phi) is 2.25. The van der Waals surface area contributed by atoms with Crippen LogP contribution in [0.5, 0.6) is 0 Å². The molecule has 14 heavy (non-hydrogen) atoms. The van der Waals surface area contributed by atoms with Crippen molar-refractivity contribution in [3.05, 3.63) is 29.3 Å². The van der Waals surface area contributed by atoms with E-state index in [-0.39, 0.29) is 5.91 Å². The molecule has 3 heteroatoms. The fraction of sp³-hybridized carbons (Fsp3) is 0.364. The number of carbonyl (C=O) groups is 1. The predicted octanol–water partition coefficient (Wildman–Crippen LogP) is 1.81. The van der Waals surface area contributed by atoms with Gasteiger partial charge in [0.2, 0.25) is 5.91 Å². The molecule has 1 heterocycles. The monoisotopic (exact) mass is 190 g/mol. The molecule has 1 atom stereocenters. The van der Waals surface area contributed by atoms with Crippen molar-refractivity contribution < 1.29 is 4.79 Å². The average Bonchev–Trinajstić information content (AvgIpc) is 2.46. The highest BCUT2D eigenvalue weighted by molar-refractivity contribution is 5.88. The number of rotatable bonds is 1. The van der Waals surface area contributed by atoms with Crippen LogP contribution >= 0.6 is 0 Å². The summed E-state index contributed by atoms with van der Waals surface area (Å²) >= 11 is 0. The minimum atomic E-state index is -0.0241. The van der Waals surface area contributed by atoms with Gasteiger partial charge in [0.05, 0.1) is 0 Å². The zero-order valence-corrected chi connectivity index (χ0v) is 8.42. The molecule has 0 radical (unpaired) electrons. The van der Waals surface area contributed by atoms with Crippen LogP contribution in [0.1, 0.15) is 31.0 Å². The van der Waals surface area contributed by atoms with Gasteiger partial charge in [0.15, 0.2) is 0 Å². The molecule has 1 aromatic carbocycles. The summed E-state index contributed by atoms with van der Waals surface area (Å²) in [6.45, 7) is 4.56. The minimum absolute atomic E-state index is 0.0241. The van der Waals surface area contributed by atoms with Gasteiger partial charge in [-0.25, -0.2) is 0 Å². The summed E-state index contributed by atoms with van der Waals surface area (Å²) in [5.74, 6) is -0.0241. The normalized spacial score (nSPS) is 19.1. The van der Waals surface area contributed by atoms with E-state index in [2.05, 4.69) is 23.6 Å². The van der Waals surface area contributed by atoms with E-state index in [9.17, 15) is 4.79 Å². The number of hydrogen-bond donors (Lipinski definition) is 2. The van der Waals surface area contributed by atoms with Crippen LogP contribution in [-0.2, 0) is 11.3 Å². The van der Waals surface area contributed by atoms with Crippen molar-refractivity contribution in [2.45, 2.75) is 26.4 Å². The summed E-state index contributed by atoms with van der Waals surface area (Å²) in [5.41, 5.74) is 3.50. The van der Waals surface area contributed by atoms with Crippen LogP contribution in [0.3, 0.4) is 0 Å². The number of benzene rings is 1. The SMILES string of the molecule is CC(=O)Nc1ccc2c(c1)CNC2C. The van der Waals surface area contributed by atoms with Crippen LogP contribution in [0.2, 0.25) is 0 Å². The molecule has 1 amide bonds. The molecule has 0 bridgehead atoms. The van der Waals surface area contributed by atoms with Gasteiger partial charge in [-0.3, -0.25) is 4.79 Å². The second kappa shape index (κ2) is 3.42. The third-order valence-corrected chi connectivity index (χ3v) is 2.53. The molecule has 0 spiro atoms. The minimum Gasteiger partial charge on any atom is -0.326 e. The quantitative estimate of drug-likeness (QED) is 0.709. The summed E-state index contributed by atoms with van der Waals surface area (Å²) < 4.78 is 0. The van der Waals surface area contributed by atoms with Gasteiger partial charge < -0.3 is 10.6 Å². The van der Waals surface area contributed by atoms with Crippen LogP contribution in [-0.4, -0.2) is 5.91 Å². The first-order chi connectivity index (χ1) is 6.66. The van der Waals surface area contributed by atoms with E-state index >= 15 is 0 Å². The van der Waals surface area contributed by atoms with Crippen LogP contribution < -0.4 is 10.6 Å². The van der Waals surface area contributed by atoms with Gasteiger partial charge >= 0.3 is 0 Å². The second-order valence-corrected chi connectivity index (χ2v) is 3.70. The van der Waals surface area contributed by atoms with E-state index in [1.165, 1.54) is 18.1 Å². The molecule has 0 aromatic heterocycles. The Labute approximate surface area is 83.5 Å². The van der Waals surface area contributed by atoms with Gasteiger partial charge in [-0.15, -0.1) is 0 Å². The summed E-state index contributed by atoms with van der Waals surface area (Å²) in [6.07, 6.45) is 0. The Balaban J connectivity index is 2.28. The lowest BCUT2D eigenvalue weighted by Crippen LogP contribution is -2.06. The zero-order valence-electron chi connectivity index (χ0n) is 8.42. The molecular weight excluding hydrogens is 176 g/mol. The maximum atomic E-state index is 10.9. The van der Waals surface area contributed by atoms with E-state index < -0.39 is 0 Å². The van der Waals surface area contributed by atoms with Crippen molar-refractivity contribution in [2.75, 3.05) is 5.32 Å². The topological polar surface area (TPSA) is 41.1 Å². The summed E-state index contributed by atoms with van der Waals surface area (Å²) in [4.78, 5) is 10.9. The molecule has 3 nitrogen and oxygen atoms in total. The molecule has 2 rings (SSSR count). The van der Waals surface area contributed by atoms with Gasteiger partial charge in [-0.2, -0.15) is 0 Å². The molecule has 1 aliphatic heterocycles. The Morgan fingerprint density at radius 3 is 3.07 bits per heavy atom. The number of amides is 1. The predicted molar refractivity (Wildman–Crippen MR) is 56.0 cm³/mol. The van der Waals surface area contributed by atoms with Crippen LogP contribution in [0.15, 0.2) is 18.2 Å². The molecule has 0 saturated heterocycles. The van der Waals surface area contributed by atoms with Crippen molar-refractivity contribution in [3.8, 4) is 0 Å². The third kappa shape index (κ3) is 1.63. The molecule has 1 aromatic rings. The third-order valence-electron chi connectivity index (χ3n) is 2.53. The molecule has 1 aliphatic rings. The van der Waals surface area contributed by atoms with Crippen molar-refractivity contribution in [1.29, 1.82) is 0 Å². The van der Waals surface area contributed by atoms with E-state index in [0.29, 0.717) is 6.04 Å². The summed E-state index contributed by atoms with van der Waals surface area (Å²) in [7, 11) is 0. The zero-order chi connectivity index (χ0) is 10.1. The van der Waals surface area contributed by atoms with E-state index in [4.69, 9.17) is 0 Å². The van der Waals surface area contributed by atoms with E-state index in [1.807, 2.05) is 12.1 Å². The lowest BCUT2D eigenvalue weighted by Gasteiger charge is -2.06. The van der Waals surface area contributed by atoms with Crippen LogP contribution in [0.25, 0.3) is 0 Å². The largest absolute Gasteiger partial charge is 0.326 e. The molecule has 0 aliphatic carbocycles. The standard InChI is InChI=1S/C11H14N2O/c1-7-11-4-3-10(13-8(2)14)5-9(11)6-12-7/h3-5,7,12H,6H2,1-2H3,(H,13,14). The summed E-state index contributed by atoms with van der Waals surface area (Å²) in [6, 6.07) is 6.48. The van der Waals surface area contributed by atoms with Gasteiger partial charge in [0, 0.05) is 25.2 Å². The van der Waals surface area contributed by atoms with E-state index in [0.717, 1.165) is 12.2 Å². The van der Waals surface area contributed by atoms with Crippen LogP contribution in [0, 0.1) is 0 Å². The molecule has 0 fully saturated rings. The first kappa shape index (κ1) is 9.21. The second-order valence-electron chi connectivity index (χ2n) is 3.70. The van der Waals surface area contributed by atoms with E-state index in [1.54, 1.807) is 0 Å². The fourth-order valence-corrected chi connectivity index (χ4v) is 1.84. The first-order valence-electron chi connectivity index (χ1n) is 4.80. The Hall–Kier alpha value is -1.35. The Morgan fingerprint density at radius 1 is 1.57 bits per heavy atom. The lowest BCUT2D eigenvalue weighted by molar-refractivity contribution is -0.114. The number of fused-ring (bicyclic) bond motifs is 1. The highest BCUT2D eigenvalue weighted by Crippen LogP contribution is 2.27. The van der Waals surface area contributed by atoms with Gasteiger partial charge in [0.1, 0.15) is 0 Å². The molecule has 2 N–H and O–H groups in total. The maximum Gasteiger partial charge on any atom is 0.221 e. The highest BCUT2D eigenvalue weighted by atomic mass is 16.1. The van der Waals surface area contributed by atoms with Crippen molar-refractivity contribution in [1.82, 2.24) is 5.32 Å². The lowest BCUT2D eigenvalue weighted by atomic mass is 10.1. The molecule has 74 valence electrons. The maximum absolute atomic E-state index is 10.9. The number of carbonyl (C=O) groups excluding carboxylic acids is 1. The number of nitrogens with one attached hydrogen (secondary N) is 2.